The number of hydrogen-bond acceptors (Lipinski definition) is 8. The van der Waals surface area contributed by atoms with E-state index in [4.69, 9.17) is 9.72 Å². The third-order valence-corrected chi connectivity index (χ3v) is 9.94. The van der Waals surface area contributed by atoms with Crippen LogP contribution in [0, 0.1) is 31.1 Å². The van der Waals surface area contributed by atoms with E-state index in [9.17, 15) is 13.2 Å². The molecule has 0 aliphatic carbocycles. The summed E-state index contributed by atoms with van der Waals surface area (Å²) in [7, 11) is -4.19. The Kier molecular flexibility index (Phi) is 11.0. The predicted molar refractivity (Wildman–Crippen MR) is 197 cm³/mol. The number of hydrogen-bond donors (Lipinski definition) is 1. The number of aryl methyl sites for hydroxylation is 1. The van der Waals surface area contributed by atoms with Crippen LogP contribution >= 0.6 is 0 Å². The predicted octanol–water partition coefficient (Wildman–Crippen LogP) is 7.59. The Bertz CT molecular complexity index is 1950. The summed E-state index contributed by atoms with van der Waals surface area (Å²) in [6.07, 6.45) is 5.88. The molecule has 0 radical (unpaired) electrons. The minimum Gasteiger partial charge on any atom is -0.475 e. The number of ether oxygens (including phenoxy) is 1. The van der Waals surface area contributed by atoms with E-state index >= 15 is 0 Å². The molecule has 3 heterocycles. The molecule has 4 bridgehead atoms. The van der Waals surface area contributed by atoms with Crippen molar-refractivity contribution in [1.29, 1.82) is 0 Å². The lowest BCUT2D eigenvalue weighted by Crippen LogP contribution is -2.45. The first-order chi connectivity index (χ1) is 23.5. The van der Waals surface area contributed by atoms with Crippen molar-refractivity contribution in [3.8, 4) is 17.1 Å². The molecular formula is C39H50N6O4S. The minimum atomic E-state index is -4.19. The summed E-state index contributed by atoms with van der Waals surface area (Å²) in [5, 5.41) is 0. The molecule has 0 saturated carbocycles. The van der Waals surface area contributed by atoms with Crippen molar-refractivity contribution >= 4 is 21.9 Å². The van der Waals surface area contributed by atoms with E-state index in [2.05, 4.69) is 74.2 Å². The zero-order chi connectivity index (χ0) is 36.4. The van der Waals surface area contributed by atoms with E-state index in [1.54, 1.807) is 17.0 Å². The number of carbonyl (C=O) groups excluding carboxylic acids is 1. The van der Waals surface area contributed by atoms with Gasteiger partial charge in [0.2, 0.25) is 11.8 Å². The number of nitrogens with zero attached hydrogens (tertiary/aromatic N) is 5. The molecule has 0 unspecified atom stereocenters. The highest BCUT2D eigenvalue weighted by molar-refractivity contribution is 7.92. The van der Waals surface area contributed by atoms with Gasteiger partial charge in [-0.1, -0.05) is 72.7 Å². The summed E-state index contributed by atoms with van der Waals surface area (Å²) in [4.78, 5) is 34.8. The maximum Gasteiger partial charge on any atom is 0.264 e. The molecule has 2 aromatic carbocycles. The molecule has 4 aromatic rings. The number of anilines is 1. The molecule has 1 amide bonds. The lowest BCUT2D eigenvalue weighted by molar-refractivity contribution is 0.0504. The van der Waals surface area contributed by atoms with Crippen LogP contribution in [-0.4, -0.2) is 51.8 Å². The Morgan fingerprint density at radius 1 is 0.960 bits per heavy atom. The number of aromatic nitrogens is 4. The highest BCUT2D eigenvalue weighted by Crippen LogP contribution is 2.36. The largest absolute Gasteiger partial charge is 0.475 e. The van der Waals surface area contributed by atoms with Crippen molar-refractivity contribution in [2.75, 3.05) is 11.3 Å². The van der Waals surface area contributed by atoms with Crippen LogP contribution < -0.4 is 9.46 Å². The van der Waals surface area contributed by atoms with Gasteiger partial charge in [0.1, 0.15) is 12.4 Å². The fourth-order valence-electron chi connectivity index (χ4n) is 6.44. The van der Waals surface area contributed by atoms with E-state index in [0.717, 1.165) is 35.1 Å². The van der Waals surface area contributed by atoms with E-state index in [-0.39, 0.29) is 46.8 Å². The van der Waals surface area contributed by atoms with Crippen LogP contribution in [0.4, 0.5) is 5.95 Å². The number of amides is 1. The molecule has 1 aliphatic rings. The lowest BCUT2D eigenvalue weighted by Gasteiger charge is -2.35. The van der Waals surface area contributed by atoms with E-state index in [1.807, 2.05) is 38.4 Å². The standard InChI is InChI=1S/C39H50N6O4S/c1-24(2)16-28-20-40-33(41-21-28)22-45-31(19-39(7,8)9)23-49-36-27(6)35(34-26(5)12-10-13-29(34)17-25(3)4)42-38(43-36)44-50(47,48)32-15-11-14-30(18-32)37(45)46/h10-15,18,20-21,24-25,31H,16-17,19,22-23H2,1-9H3,(H,42,43,44)/t31-/m1/s1. The Morgan fingerprint density at radius 2 is 1.64 bits per heavy atom. The van der Waals surface area contributed by atoms with Gasteiger partial charge < -0.3 is 9.64 Å². The summed E-state index contributed by atoms with van der Waals surface area (Å²) in [6, 6.07) is 11.8. The van der Waals surface area contributed by atoms with Crippen LogP contribution in [0.15, 0.2) is 59.8 Å². The van der Waals surface area contributed by atoms with Crippen molar-refractivity contribution < 1.29 is 17.9 Å². The van der Waals surface area contributed by atoms with Crippen molar-refractivity contribution in [3.63, 3.8) is 0 Å². The monoisotopic (exact) mass is 698 g/mol. The number of fused-ring (bicyclic) bond motifs is 4. The summed E-state index contributed by atoms with van der Waals surface area (Å²) >= 11 is 0. The second kappa shape index (κ2) is 14.8. The molecule has 1 aliphatic heterocycles. The fourth-order valence-corrected chi connectivity index (χ4v) is 7.43. The van der Waals surface area contributed by atoms with E-state index in [1.165, 1.54) is 12.1 Å². The van der Waals surface area contributed by atoms with Gasteiger partial charge in [-0.2, -0.15) is 4.98 Å². The molecule has 2 aromatic heterocycles. The topological polar surface area (TPSA) is 127 Å². The molecule has 50 heavy (non-hydrogen) atoms. The average Bonchev–Trinajstić information content (AvgIpc) is 3.02. The van der Waals surface area contributed by atoms with Gasteiger partial charge in [0.25, 0.3) is 15.9 Å². The minimum absolute atomic E-state index is 0.0752. The molecule has 0 saturated heterocycles. The number of benzene rings is 2. The Balaban J connectivity index is 1.68. The van der Waals surface area contributed by atoms with Gasteiger partial charge in [0.05, 0.1) is 23.2 Å². The zero-order valence-electron chi connectivity index (χ0n) is 30.7. The number of nitrogens with one attached hydrogen (secondary N) is 1. The summed E-state index contributed by atoms with van der Waals surface area (Å²) < 4.78 is 36.8. The van der Waals surface area contributed by atoms with Crippen LogP contribution in [0.25, 0.3) is 11.3 Å². The van der Waals surface area contributed by atoms with Gasteiger partial charge in [-0.3, -0.25) is 4.79 Å². The lowest BCUT2D eigenvalue weighted by atomic mass is 9.87. The van der Waals surface area contributed by atoms with Gasteiger partial charge in [-0.25, -0.2) is 28.1 Å². The third-order valence-electron chi connectivity index (χ3n) is 8.62. The molecule has 1 N–H and O–H groups in total. The van der Waals surface area contributed by atoms with Crippen LogP contribution in [0.5, 0.6) is 5.88 Å². The third kappa shape index (κ3) is 8.85. The van der Waals surface area contributed by atoms with Crippen molar-refractivity contribution in [2.24, 2.45) is 17.3 Å². The SMILES string of the molecule is Cc1cccc(CC(C)C)c1-c1nc2nc(c1C)OC[C@@H](CC(C)(C)C)N(Cc1ncc(CC(C)C)cn1)C(=O)c1cccc(c1)S(=O)(=O)N2. The summed E-state index contributed by atoms with van der Waals surface area (Å²) in [6.45, 7) is 19.1. The first kappa shape index (κ1) is 36.9. The smallest absolute Gasteiger partial charge is 0.264 e. The van der Waals surface area contributed by atoms with Gasteiger partial charge in [-0.15, -0.1) is 0 Å². The highest BCUT2D eigenvalue weighted by Gasteiger charge is 2.32. The fraction of sp³-hybridized carbons (Fsp3) is 0.462. The Morgan fingerprint density at radius 3 is 2.30 bits per heavy atom. The van der Waals surface area contributed by atoms with Crippen molar-refractivity contribution in [2.45, 2.75) is 99.1 Å². The molecule has 10 nitrogen and oxygen atoms in total. The van der Waals surface area contributed by atoms with Gasteiger partial charge in [-0.05, 0) is 85.3 Å². The molecule has 5 rings (SSSR count). The summed E-state index contributed by atoms with van der Waals surface area (Å²) in [5.74, 6) is 1.13. The summed E-state index contributed by atoms with van der Waals surface area (Å²) in [5.41, 5.74) is 5.38. The Labute approximate surface area is 297 Å². The van der Waals surface area contributed by atoms with Crippen molar-refractivity contribution in [3.05, 3.63) is 88.5 Å². The highest BCUT2D eigenvalue weighted by atomic mass is 32.2. The average molecular weight is 699 g/mol. The zero-order valence-corrected chi connectivity index (χ0v) is 31.6. The number of carbonyl (C=O) groups is 1. The van der Waals surface area contributed by atoms with Crippen LogP contribution in [0.3, 0.4) is 0 Å². The first-order valence-corrected chi connectivity index (χ1v) is 18.8. The second-order valence-electron chi connectivity index (χ2n) is 15.4. The van der Waals surface area contributed by atoms with Gasteiger partial charge in [0, 0.05) is 29.1 Å². The van der Waals surface area contributed by atoms with E-state index < -0.39 is 16.1 Å². The quantitative estimate of drug-likeness (QED) is 0.200. The molecule has 0 fully saturated rings. The van der Waals surface area contributed by atoms with Crippen LogP contribution in [0.2, 0.25) is 0 Å². The van der Waals surface area contributed by atoms with Crippen LogP contribution in [0.1, 0.15) is 93.3 Å². The normalized spacial score (nSPS) is 16.3. The maximum absolute atomic E-state index is 14.5. The van der Waals surface area contributed by atoms with Gasteiger partial charge >= 0.3 is 0 Å². The molecule has 266 valence electrons. The van der Waals surface area contributed by atoms with Crippen LogP contribution in [-0.2, 0) is 29.4 Å². The van der Waals surface area contributed by atoms with Crippen molar-refractivity contribution in [1.82, 2.24) is 24.8 Å². The number of rotatable bonds is 8. The molecule has 0 spiro atoms. The van der Waals surface area contributed by atoms with E-state index in [0.29, 0.717) is 35.3 Å². The Hall–Kier alpha value is -4.38. The first-order valence-electron chi connectivity index (χ1n) is 17.3. The second-order valence-corrected chi connectivity index (χ2v) is 17.1. The van der Waals surface area contributed by atoms with Gasteiger partial charge in [0.15, 0.2) is 0 Å². The maximum atomic E-state index is 14.5. The molecule has 11 heteroatoms. The number of sulfonamides is 1. The molecular weight excluding hydrogens is 649 g/mol. The molecule has 1 atom stereocenters.